The minimum atomic E-state index is 0.0612. The fourth-order valence-electron chi connectivity index (χ4n) is 2.23. The second-order valence-electron chi connectivity index (χ2n) is 4.51. The minimum absolute atomic E-state index is 0.0612. The Morgan fingerprint density at radius 1 is 1.32 bits per heavy atom. The van der Waals surface area contributed by atoms with Crippen molar-refractivity contribution < 1.29 is 4.84 Å². The molecule has 2 heterocycles. The Kier molecular flexibility index (Phi) is 3.62. The maximum absolute atomic E-state index is 5.60. The van der Waals surface area contributed by atoms with Crippen molar-refractivity contribution in [2.24, 2.45) is 5.16 Å². The van der Waals surface area contributed by atoms with Crippen LogP contribution in [-0.2, 0) is 4.84 Å². The van der Waals surface area contributed by atoms with Gasteiger partial charge in [0.15, 0.2) is 6.10 Å². The Morgan fingerprint density at radius 2 is 2.11 bits per heavy atom. The monoisotopic (exact) mass is 289 g/mol. The molecular weight excluding hydrogens is 274 g/mol. The first-order valence-electron chi connectivity index (χ1n) is 6.20. The maximum Gasteiger partial charge on any atom is 0.158 e. The fourth-order valence-corrected chi connectivity index (χ4v) is 4.11. The molecule has 3 rings (SSSR count). The molecule has 2 nitrogen and oxygen atoms in total. The molecule has 1 aliphatic rings. The van der Waals surface area contributed by atoms with E-state index in [9.17, 15) is 0 Å². The molecule has 0 N–H and O–H groups in total. The van der Waals surface area contributed by atoms with Gasteiger partial charge < -0.3 is 4.84 Å². The van der Waals surface area contributed by atoms with Gasteiger partial charge in [-0.1, -0.05) is 35.5 Å². The molecular formula is C15H15NOS2. The lowest BCUT2D eigenvalue weighted by Gasteiger charge is -2.07. The highest BCUT2D eigenvalue weighted by Gasteiger charge is 2.25. The summed E-state index contributed by atoms with van der Waals surface area (Å²) in [7, 11) is 0. The van der Waals surface area contributed by atoms with Gasteiger partial charge in [-0.3, -0.25) is 0 Å². The molecule has 1 unspecified atom stereocenters. The fraction of sp³-hybridized carbons (Fsp3) is 0.267. The number of hydrogen-bond donors (Lipinski definition) is 0. The van der Waals surface area contributed by atoms with E-state index in [2.05, 4.69) is 36.5 Å². The van der Waals surface area contributed by atoms with Gasteiger partial charge in [-0.15, -0.1) is 23.1 Å². The molecule has 1 aliphatic heterocycles. The van der Waals surface area contributed by atoms with Crippen LogP contribution >= 0.6 is 23.1 Å². The topological polar surface area (TPSA) is 21.6 Å². The highest BCUT2D eigenvalue weighted by molar-refractivity contribution is 8.00. The number of benzene rings is 1. The van der Waals surface area contributed by atoms with Crippen LogP contribution < -0.4 is 0 Å². The van der Waals surface area contributed by atoms with Crippen molar-refractivity contribution in [3.63, 3.8) is 0 Å². The van der Waals surface area contributed by atoms with E-state index in [1.54, 1.807) is 11.8 Å². The second-order valence-corrected chi connectivity index (χ2v) is 6.84. The number of aryl methyl sites for hydroxylation is 1. The molecule has 0 amide bonds. The summed E-state index contributed by atoms with van der Waals surface area (Å²) >= 11 is 3.61. The Hall–Kier alpha value is -1.26. The first-order chi connectivity index (χ1) is 9.28. The number of hydrogen-bond acceptors (Lipinski definition) is 4. The predicted molar refractivity (Wildman–Crippen MR) is 82.3 cm³/mol. The van der Waals surface area contributed by atoms with Gasteiger partial charge in [-0.25, -0.2) is 0 Å². The van der Waals surface area contributed by atoms with Gasteiger partial charge in [0.25, 0.3) is 0 Å². The van der Waals surface area contributed by atoms with Crippen LogP contribution in [0.1, 0.15) is 28.5 Å². The Balaban J connectivity index is 1.82. The van der Waals surface area contributed by atoms with Crippen LogP contribution in [0.5, 0.6) is 0 Å². The van der Waals surface area contributed by atoms with Gasteiger partial charge in [-0.2, -0.15) is 0 Å². The molecule has 98 valence electrons. The maximum atomic E-state index is 5.60. The van der Waals surface area contributed by atoms with E-state index >= 15 is 0 Å². The third kappa shape index (κ3) is 2.55. The van der Waals surface area contributed by atoms with E-state index in [1.165, 1.54) is 20.2 Å². The lowest BCUT2D eigenvalue weighted by atomic mass is 10.0. The van der Waals surface area contributed by atoms with Crippen molar-refractivity contribution >= 4 is 28.8 Å². The summed E-state index contributed by atoms with van der Waals surface area (Å²) in [4.78, 5) is 6.92. The van der Waals surface area contributed by atoms with E-state index < -0.39 is 0 Å². The van der Waals surface area contributed by atoms with Crippen LogP contribution in [0.15, 0.2) is 45.8 Å². The summed E-state index contributed by atoms with van der Waals surface area (Å²) in [5.41, 5.74) is 3.51. The molecule has 1 aromatic carbocycles. The highest BCUT2D eigenvalue weighted by Crippen LogP contribution is 2.36. The summed E-state index contributed by atoms with van der Waals surface area (Å²) in [5.74, 6) is 0. The first kappa shape index (κ1) is 12.8. The Morgan fingerprint density at radius 3 is 2.84 bits per heavy atom. The molecule has 0 radical (unpaired) electrons. The SMILES string of the molecule is CSc1sc(C)cc1C1=NOC(c2ccccc2)C1. The highest BCUT2D eigenvalue weighted by atomic mass is 32.2. The number of rotatable bonds is 3. The van der Waals surface area contributed by atoms with Crippen molar-refractivity contribution in [3.05, 3.63) is 52.4 Å². The van der Waals surface area contributed by atoms with Crippen molar-refractivity contribution in [1.82, 2.24) is 0 Å². The van der Waals surface area contributed by atoms with Gasteiger partial charge in [0, 0.05) is 16.9 Å². The van der Waals surface area contributed by atoms with Gasteiger partial charge in [-0.05, 0) is 24.8 Å². The summed E-state index contributed by atoms with van der Waals surface area (Å²) in [6, 6.07) is 12.5. The van der Waals surface area contributed by atoms with E-state index in [0.29, 0.717) is 0 Å². The van der Waals surface area contributed by atoms with Gasteiger partial charge in [0.05, 0.1) is 9.92 Å². The third-order valence-corrected chi connectivity index (χ3v) is 5.34. The van der Waals surface area contributed by atoms with E-state index in [4.69, 9.17) is 4.84 Å². The van der Waals surface area contributed by atoms with Crippen LogP contribution in [0.25, 0.3) is 0 Å². The first-order valence-corrected chi connectivity index (χ1v) is 8.24. The number of nitrogens with zero attached hydrogens (tertiary/aromatic N) is 1. The largest absolute Gasteiger partial charge is 0.387 e. The molecule has 2 aromatic rings. The zero-order valence-electron chi connectivity index (χ0n) is 10.9. The number of oxime groups is 1. The van der Waals surface area contributed by atoms with Gasteiger partial charge in [0.1, 0.15) is 0 Å². The Bertz CT molecular complexity index is 604. The molecule has 1 atom stereocenters. The van der Waals surface area contributed by atoms with Crippen LogP contribution in [0.4, 0.5) is 0 Å². The molecule has 0 bridgehead atoms. The smallest absolute Gasteiger partial charge is 0.158 e. The van der Waals surface area contributed by atoms with Crippen LogP contribution in [-0.4, -0.2) is 12.0 Å². The second kappa shape index (κ2) is 5.39. The third-order valence-electron chi connectivity index (χ3n) is 3.16. The van der Waals surface area contributed by atoms with E-state index in [-0.39, 0.29) is 6.10 Å². The average Bonchev–Trinajstić information content (AvgIpc) is 3.05. The predicted octanol–water partition coefficient (Wildman–Crippen LogP) is 4.64. The summed E-state index contributed by atoms with van der Waals surface area (Å²) in [6.07, 6.45) is 3.03. The zero-order chi connectivity index (χ0) is 13.2. The quantitative estimate of drug-likeness (QED) is 0.767. The van der Waals surface area contributed by atoms with Gasteiger partial charge in [0.2, 0.25) is 0 Å². The molecule has 19 heavy (non-hydrogen) atoms. The van der Waals surface area contributed by atoms with Crippen molar-refractivity contribution in [3.8, 4) is 0 Å². The zero-order valence-corrected chi connectivity index (χ0v) is 12.6. The lowest BCUT2D eigenvalue weighted by Crippen LogP contribution is -2.01. The number of thiophene rings is 1. The normalized spacial score (nSPS) is 18.2. The number of thioether (sulfide) groups is 1. The average molecular weight is 289 g/mol. The standard InChI is InChI=1S/C15H15NOS2/c1-10-8-12(15(18-2)19-10)13-9-14(17-16-13)11-6-4-3-5-7-11/h3-8,14H,9H2,1-2H3. The van der Waals surface area contributed by atoms with E-state index in [0.717, 1.165) is 12.1 Å². The lowest BCUT2D eigenvalue weighted by molar-refractivity contribution is 0.0857. The van der Waals surface area contributed by atoms with E-state index in [1.807, 2.05) is 29.5 Å². The summed E-state index contributed by atoms with van der Waals surface area (Å²) < 4.78 is 1.33. The summed E-state index contributed by atoms with van der Waals surface area (Å²) in [6.45, 7) is 2.14. The van der Waals surface area contributed by atoms with Crippen molar-refractivity contribution in [2.45, 2.75) is 23.7 Å². The van der Waals surface area contributed by atoms with Crippen LogP contribution in [0.3, 0.4) is 0 Å². The van der Waals surface area contributed by atoms with Crippen molar-refractivity contribution in [1.29, 1.82) is 0 Å². The molecule has 0 aliphatic carbocycles. The summed E-state index contributed by atoms with van der Waals surface area (Å²) in [5, 5.41) is 4.30. The molecule has 0 fully saturated rings. The Labute approximate surface area is 121 Å². The molecule has 0 spiro atoms. The van der Waals surface area contributed by atoms with Gasteiger partial charge >= 0.3 is 0 Å². The molecule has 1 aromatic heterocycles. The molecule has 0 saturated heterocycles. The van der Waals surface area contributed by atoms with Crippen LogP contribution in [0.2, 0.25) is 0 Å². The minimum Gasteiger partial charge on any atom is -0.387 e. The molecule has 0 saturated carbocycles. The van der Waals surface area contributed by atoms with Crippen LogP contribution in [0, 0.1) is 6.92 Å². The molecule has 4 heteroatoms. The van der Waals surface area contributed by atoms with Crippen molar-refractivity contribution in [2.75, 3.05) is 6.26 Å².